The molecule has 0 heterocycles. The number of phenolic OH excluding ortho intramolecular Hbond substituents is 1. The number of benzene rings is 1. The average Bonchev–Trinajstić information content (AvgIpc) is 2.27. The fourth-order valence-corrected chi connectivity index (χ4v) is 1.38. The summed E-state index contributed by atoms with van der Waals surface area (Å²) in [5.41, 5.74) is 5.71. The third kappa shape index (κ3) is 3.55. The van der Waals surface area contributed by atoms with Crippen molar-refractivity contribution in [2.75, 3.05) is 0 Å². The number of phenols is 1. The maximum atomic E-state index is 10.5. The van der Waals surface area contributed by atoms with E-state index in [1.807, 2.05) is 0 Å². The van der Waals surface area contributed by atoms with Crippen LogP contribution < -0.4 is 5.73 Å². The molecule has 1 rings (SSSR count). The lowest BCUT2D eigenvalue weighted by molar-refractivity contribution is -0.385. The Labute approximate surface area is 105 Å². The van der Waals surface area contributed by atoms with Crippen LogP contribution in [0.4, 0.5) is 5.69 Å². The number of nitrogens with zero attached hydrogens (tertiary/aromatic N) is 1. The van der Waals surface area contributed by atoms with Gasteiger partial charge in [-0.25, -0.2) is 0 Å². The van der Waals surface area contributed by atoms with Crippen LogP contribution in [0.5, 0.6) is 5.75 Å². The van der Waals surface area contributed by atoms with E-state index in [-0.39, 0.29) is 29.4 Å². The SMILES string of the molecule is CC[C@H](O)[C@H](N)c1cc([N+](=O)[O-])ccc1O.Cl. The molecule has 0 spiro atoms. The standard InChI is InChI=1S/C10H14N2O4.ClH/c1-2-8(13)10(11)7-5-6(12(15)16)3-4-9(7)14;/h3-5,8,10,13-14H,2,11H2,1H3;1H/t8-,10+;/m0./s1. The number of nitro groups is 1. The molecular formula is C10H15ClN2O4. The first-order chi connectivity index (χ1) is 7.47. The topological polar surface area (TPSA) is 110 Å². The first-order valence-corrected chi connectivity index (χ1v) is 4.88. The van der Waals surface area contributed by atoms with E-state index in [0.29, 0.717) is 6.42 Å². The predicted molar refractivity (Wildman–Crippen MR) is 65.2 cm³/mol. The van der Waals surface area contributed by atoms with Crippen molar-refractivity contribution < 1.29 is 15.1 Å². The van der Waals surface area contributed by atoms with Gasteiger partial charge < -0.3 is 15.9 Å². The summed E-state index contributed by atoms with van der Waals surface area (Å²) < 4.78 is 0. The molecule has 2 atom stereocenters. The summed E-state index contributed by atoms with van der Waals surface area (Å²) in [7, 11) is 0. The van der Waals surface area contributed by atoms with Crippen molar-refractivity contribution in [3.8, 4) is 5.75 Å². The van der Waals surface area contributed by atoms with Crippen LogP contribution in [0.15, 0.2) is 18.2 Å². The van der Waals surface area contributed by atoms with Crippen molar-refractivity contribution in [2.45, 2.75) is 25.5 Å². The maximum Gasteiger partial charge on any atom is 0.270 e. The van der Waals surface area contributed by atoms with E-state index in [2.05, 4.69) is 0 Å². The number of aromatic hydroxyl groups is 1. The minimum atomic E-state index is -0.840. The highest BCUT2D eigenvalue weighted by Gasteiger charge is 2.20. The van der Waals surface area contributed by atoms with E-state index in [0.717, 1.165) is 0 Å². The second-order valence-corrected chi connectivity index (χ2v) is 3.50. The van der Waals surface area contributed by atoms with Gasteiger partial charge in [0.2, 0.25) is 0 Å². The number of hydrogen-bond acceptors (Lipinski definition) is 5. The van der Waals surface area contributed by atoms with Crippen LogP contribution in [0.1, 0.15) is 24.9 Å². The van der Waals surface area contributed by atoms with Gasteiger partial charge in [0.25, 0.3) is 5.69 Å². The largest absolute Gasteiger partial charge is 0.508 e. The molecule has 0 radical (unpaired) electrons. The number of nitrogens with two attached hydrogens (primary N) is 1. The van der Waals surface area contributed by atoms with Gasteiger partial charge in [-0.05, 0) is 12.5 Å². The molecule has 17 heavy (non-hydrogen) atoms. The summed E-state index contributed by atoms with van der Waals surface area (Å²) in [6.45, 7) is 1.74. The van der Waals surface area contributed by atoms with E-state index in [1.165, 1.54) is 18.2 Å². The molecule has 0 fully saturated rings. The number of rotatable bonds is 4. The molecule has 0 bridgehead atoms. The zero-order chi connectivity index (χ0) is 12.3. The Bertz CT molecular complexity index is 400. The molecule has 1 aromatic carbocycles. The Morgan fingerprint density at radius 1 is 1.53 bits per heavy atom. The van der Waals surface area contributed by atoms with Crippen molar-refractivity contribution in [3.63, 3.8) is 0 Å². The molecule has 6 nitrogen and oxygen atoms in total. The molecule has 0 aliphatic rings. The number of aliphatic hydroxyl groups is 1. The van der Waals surface area contributed by atoms with Gasteiger partial charge >= 0.3 is 0 Å². The van der Waals surface area contributed by atoms with Crippen LogP contribution in [0, 0.1) is 10.1 Å². The molecule has 0 aliphatic carbocycles. The van der Waals surface area contributed by atoms with Crippen molar-refractivity contribution in [3.05, 3.63) is 33.9 Å². The highest BCUT2D eigenvalue weighted by atomic mass is 35.5. The third-order valence-corrected chi connectivity index (χ3v) is 2.41. The monoisotopic (exact) mass is 262 g/mol. The second-order valence-electron chi connectivity index (χ2n) is 3.50. The summed E-state index contributed by atoms with van der Waals surface area (Å²) in [5.74, 6) is -0.148. The van der Waals surface area contributed by atoms with Gasteiger partial charge in [-0.15, -0.1) is 12.4 Å². The summed E-state index contributed by atoms with van der Waals surface area (Å²) in [4.78, 5) is 9.97. The van der Waals surface area contributed by atoms with Gasteiger partial charge in [0.05, 0.1) is 17.1 Å². The molecule has 1 aromatic rings. The average molecular weight is 263 g/mol. The summed E-state index contributed by atoms with van der Waals surface area (Å²) in [6, 6.07) is 2.74. The van der Waals surface area contributed by atoms with Crippen LogP contribution in [0.3, 0.4) is 0 Å². The molecule has 4 N–H and O–H groups in total. The summed E-state index contributed by atoms with van der Waals surface area (Å²) >= 11 is 0. The Hall–Kier alpha value is -1.37. The lowest BCUT2D eigenvalue weighted by Crippen LogP contribution is -2.25. The lowest BCUT2D eigenvalue weighted by atomic mass is 9.99. The van der Waals surface area contributed by atoms with Gasteiger partial charge in [0, 0.05) is 17.7 Å². The molecule has 96 valence electrons. The molecule has 7 heteroatoms. The second kappa shape index (κ2) is 6.39. The summed E-state index contributed by atoms with van der Waals surface area (Å²) in [6.07, 6.45) is -0.434. The Morgan fingerprint density at radius 3 is 2.59 bits per heavy atom. The van der Waals surface area contributed by atoms with Gasteiger partial charge in [-0.3, -0.25) is 10.1 Å². The van der Waals surface area contributed by atoms with Gasteiger partial charge in [-0.1, -0.05) is 6.92 Å². The van der Waals surface area contributed by atoms with Crippen LogP contribution in [-0.2, 0) is 0 Å². The normalized spacial score (nSPS) is 13.6. The molecular weight excluding hydrogens is 248 g/mol. The number of non-ortho nitro benzene ring substituents is 1. The van der Waals surface area contributed by atoms with E-state index < -0.39 is 17.1 Å². The minimum absolute atomic E-state index is 0. The van der Waals surface area contributed by atoms with Gasteiger partial charge in [-0.2, -0.15) is 0 Å². The van der Waals surface area contributed by atoms with Crippen molar-refractivity contribution >= 4 is 18.1 Å². The first kappa shape index (κ1) is 15.6. The van der Waals surface area contributed by atoms with E-state index in [1.54, 1.807) is 6.92 Å². The first-order valence-electron chi connectivity index (χ1n) is 4.88. The predicted octanol–water partition coefficient (Wildman–Crippen LogP) is 1.49. The molecule has 0 unspecified atom stereocenters. The molecule has 0 amide bonds. The Morgan fingerprint density at radius 2 is 2.12 bits per heavy atom. The zero-order valence-electron chi connectivity index (χ0n) is 9.24. The lowest BCUT2D eigenvalue weighted by Gasteiger charge is -2.18. The molecule has 0 aliphatic heterocycles. The summed E-state index contributed by atoms with van der Waals surface area (Å²) in [5, 5.41) is 29.6. The highest BCUT2D eigenvalue weighted by Crippen LogP contribution is 2.29. The van der Waals surface area contributed by atoms with Crippen molar-refractivity contribution in [1.82, 2.24) is 0 Å². The van der Waals surface area contributed by atoms with Crippen LogP contribution in [0.2, 0.25) is 0 Å². The van der Waals surface area contributed by atoms with Gasteiger partial charge in [0.1, 0.15) is 5.75 Å². The molecule has 0 aromatic heterocycles. The Balaban J connectivity index is 0.00000256. The fraction of sp³-hybridized carbons (Fsp3) is 0.400. The third-order valence-electron chi connectivity index (χ3n) is 2.41. The zero-order valence-corrected chi connectivity index (χ0v) is 10.1. The van der Waals surface area contributed by atoms with Crippen LogP contribution in [-0.4, -0.2) is 21.2 Å². The van der Waals surface area contributed by atoms with E-state index >= 15 is 0 Å². The van der Waals surface area contributed by atoms with E-state index in [4.69, 9.17) is 5.73 Å². The minimum Gasteiger partial charge on any atom is -0.508 e. The number of halogens is 1. The smallest absolute Gasteiger partial charge is 0.270 e. The van der Waals surface area contributed by atoms with Crippen molar-refractivity contribution in [2.24, 2.45) is 5.73 Å². The molecule has 0 saturated carbocycles. The number of hydrogen-bond donors (Lipinski definition) is 3. The number of aliphatic hydroxyl groups excluding tert-OH is 1. The van der Waals surface area contributed by atoms with Crippen LogP contribution >= 0.6 is 12.4 Å². The fourth-order valence-electron chi connectivity index (χ4n) is 1.38. The highest BCUT2D eigenvalue weighted by molar-refractivity contribution is 5.85. The molecule has 0 saturated heterocycles. The van der Waals surface area contributed by atoms with Crippen molar-refractivity contribution in [1.29, 1.82) is 0 Å². The van der Waals surface area contributed by atoms with E-state index in [9.17, 15) is 20.3 Å². The van der Waals surface area contributed by atoms with Gasteiger partial charge in [0.15, 0.2) is 0 Å². The maximum absolute atomic E-state index is 10.5. The number of nitro benzene ring substituents is 1. The quantitative estimate of drug-likeness (QED) is 0.562. The van der Waals surface area contributed by atoms with Crippen LogP contribution in [0.25, 0.3) is 0 Å². The Kier molecular flexibility index (Phi) is 5.87.